The molecule has 1 aliphatic carbocycles. The maximum Gasteiger partial charge on any atom is 0.0714 e. The lowest BCUT2D eigenvalue weighted by Gasteiger charge is -2.35. The Bertz CT molecular complexity index is 1890. The molecule has 0 saturated carbocycles. The Hall–Kier alpha value is -5.14. The van der Waals surface area contributed by atoms with E-state index in [1.807, 2.05) is 0 Å². The van der Waals surface area contributed by atoms with Gasteiger partial charge < -0.3 is 4.90 Å². The Kier molecular flexibility index (Phi) is 5.11. The third kappa shape index (κ3) is 3.21. The highest BCUT2D eigenvalue weighted by atomic mass is 15.1. The van der Waals surface area contributed by atoms with Crippen molar-refractivity contribution < 1.29 is 0 Å². The second kappa shape index (κ2) is 8.97. The first-order chi connectivity index (χ1) is 19.9. The van der Waals surface area contributed by atoms with Crippen molar-refractivity contribution in [2.24, 2.45) is 0 Å². The Morgan fingerprint density at radius 2 is 0.800 bits per heavy atom. The summed E-state index contributed by atoms with van der Waals surface area (Å²) in [6, 6.07) is 59.7. The first kappa shape index (κ1) is 22.8. The molecule has 0 heterocycles. The highest BCUT2D eigenvalue weighted by Gasteiger charge is 2.45. The van der Waals surface area contributed by atoms with Gasteiger partial charge in [-0.25, -0.2) is 0 Å². The smallest absolute Gasteiger partial charge is 0.0714 e. The fourth-order valence-electron chi connectivity index (χ4n) is 6.88. The van der Waals surface area contributed by atoms with Gasteiger partial charge in [0.15, 0.2) is 0 Å². The summed E-state index contributed by atoms with van der Waals surface area (Å²) in [7, 11) is 0. The van der Waals surface area contributed by atoms with Gasteiger partial charge in [-0.1, -0.05) is 127 Å². The van der Waals surface area contributed by atoms with Crippen molar-refractivity contribution in [1.29, 1.82) is 0 Å². The molecule has 0 N–H and O–H groups in total. The molecule has 0 aromatic heterocycles. The van der Waals surface area contributed by atoms with Gasteiger partial charge in [-0.2, -0.15) is 0 Å². The molecule has 7 aromatic carbocycles. The number of nitrogens with zero attached hydrogens (tertiary/aromatic N) is 1. The summed E-state index contributed by atoms with van der Waals surface area (Å²) < 4.78 is 0. The highest BCUT2D eigenvalue weighted by molar-refractivity contribution is 6.16. The van der Waals surface area contributed by atoms with E-state index in [1.165, 1.54) is 43.8 Å². The lowest BCUT2D eigenvalue weighted by atomic mass is 9.67. The third-order valence-corrected chi connectivity index (χ3v) is 8.47. The van der Waals surface area contributed by atoms with Gasteiger partial charge in [0, 0.05) is 17.1 Å². The van der Waals surface area contributed by atoms with Crippen LogP contribution in [0.5, 0.6) is 0 Å². The van der Waals surface area contributed by atoms with Gasteiger partial charge in [0.05, 0.1) is 5.41 Å². The van der Waals surface area contributed by atoms with Crippen LogP contribution in [0.25, 0.3) is 21.5 Å². The average Bonchev–Trinajstić information content (AvgIpc) is 3.34. The van der Waals surface area contributed by atoms with E-state index < -0.39 is 5.41 Å². The topological polar surface area (TPSA) is 3.24 Å². The molecule has 0 radical (unpaired) electrons. The molecule has 1 aliphatic rings. The molecule has 8 rings (SSSR count). The van der Waals surface area contributed by atoms with E-state index in [0.29, 0.717) is 0 Å². The summed E-state index contributed by atoms with van der Waals surface area (Å²) in [4.78, 5) is 2.35. The lowest BCUT2D eigenvalue weighted by Crippen LogP contribution is -2.29. The average molecular weight is 510 g/mol. The number of hydrogen-bond acceptors (Lipinski definition) is 1. The zero-order valence-electron chi connectivity index (χ0n) is 22.0. The zero-order valence-corrected chi connectivity index (χ0v) is 22.0. The molecular formula is C39H27N. The summed E-state index contributed by atoms with van der Waals surface area (Å²) >= 11 is 0. The molecule has 0 aliphatic heterocycles. The molecular weight excluding hydrogens is 482 g/mol. The van der Waals surface area contributed by atoms with Crippen molar-refractivity contribution in [3.05, 3.63) is 186 Å². The van der Waals surface area contributed by atoms with Crippen LogP contribution in [0.15, 0.2) is 164 Å². The minimum absolute atomic E-state index is 0.432. The maximum atomic E-state index is 2.40. The van der Waals surface area contributed by atoms with Crippen LogP contribution in [-0.2, 0) is 5.41 Å². The molecule has 1 nitrogen and oxygen atoms in total. The molecule has 7 aromatic rings. The van der Waals surface area contributed by atoms with Crippen molar-refractivity contribution >= 4 is 38.6 Å². The summed E-state index contributed by atoms with van der Waals surface area (Å²) in [5.41, 5.74) is 8.24. The molecule has 0 saturated heterocycles. The van der Waals surface area contributed by atoms with Gasteiger partial charge >= 0.3 is 0 Å². The van der Waals surface area contributed by atoms with Gasteiger partial charge in [0.1, 0.15) is 0 Å². The molecule has 0 atom stereocenters. The zero-order chi connectivity index (χ0) is 26.5. The minimum Gasteiger partial charge on any atom is -0.310 e. The molecule has 0 fully saturated rings. The van der Waals surface area contributed by atoms with Crippen LogP contribution in [0.4, 0.5) is 17.1 Å². The second-order valence-corrected chi connectivity index (χ2v) is 10.5. The SMILES string of the molecule is c1ccc(N(c2ccccc2)c2cccc(C3(c4ccccc4)c4cccc5ccc6cccc3c6c45)c2)cc1. The monoisotopic (exact) mass is 509 g/mol. The normalized spacial score (nSPS) is 13.2. The Labute approximate surface area is 234 Å². The third-order valence-electron chi connectivity index (χ3n) is 8.47. The molecule has 0 amide bonds. The van der Waals surface area contributed by atoms with Gasteiger partial charge in [-0.05, 0) is 80.2 Å². The molecule has 40 heavy (non-hydrogen) atoms. The van der Waals surface area contributed by atoms with Crippen molar-refractivity contribution in [1.82, 2.24) is 0 Å². The first-order valence-corrected chi connectivity index (χ1v) is 13.9. The van der Waals surface area contributed by atoms with Crippen LogP contribution in [0.1, 0.15) is 22.3 Å². The Balaban J connectivity index is 1.45. The van der Waals surface area contributed by atoms with E-state index in [1.54, 1.807) is 0 Å². The van der Waals surface area contributed by atoms with E-state index in [-0.39, 0.29) is 0 Å². The van der Waals surface area contributed by atoms with Crippen LogP contribution in [0, 0.1) is 0 Å². The van der Waals surface area contributed by atoms with E-state index >= 15 is 0 Å². The second-order valence-electron chi connectivity index (χ2n) is 10.5. The molecule has 1 heteroatoms. The van der Waals surface area contributed by atoms with E-state index in [0.717, 1.165) is 17.1 Å². The van der Waals surface area contributed by atoms with Crippen LogP contribution >= 0.6 is 0 Å². The number of para-hydroxylation sites is 2. The van der Waals surface area contributed by atoms with Gasteiger partial charge in [0.25, 0.3) is 0 Å². The van der Waals surface area contributed by atoms with Crippen molar-refractivity contribution in [2.45, 2.75) is 5.41 Å². The van der Waals surface area contributed by atoms with Crippen LogP contribution in [-0.4, -0.2) is 0 Å². The highest BCUT2D eigenvalue weighted by Crippen LogP contribution is 2.56. The quantitative estimate of drug-likeness (QED) is 0.209. The van der Waals surface area contributed by atoms with Gasteiger partial charge in [-0.15, -0.1) is 0 Å². The number of benzene rings is 7. The van der Waals surface area contributed by atoms with Crippen LogP contribution in [0.3, 0.4) is 0 Å². The molecule has 0 unspecified atom stereocenters. The fraction of sp³-hybridized carbons (Fsp3) is 0.0256. The largest absolute Gasteiger partial charge is 0.310 e. The van der Waals surface area contributed by atoms with Gasteiger partial charge in [-0.3, -0.25) is 0 Å². The number of anilines is 3. The maximum absolute atomic E-state index is 2.40. The van der Waals surface area contributed by atoms with Gasteiger partial charge in [0.2, 0.25) is 0 Å². The van der Waals surface area contributed by atoms with Crippen molar-refractivity contribution in [2.75, 3.05) is 4.90 Å². The van der Waals surface area contributed by atoms with Crippen LogP contribution < -0.4 is 4.90 Å². The standard InChI is InChI=1S/C39H27N/c1-4-15-30(16-5-1)39(35-23-10-13-28-25-26-29-14-11-24-36(39)38(29)37(28)35)31-17-12-22-34(27-31)40(32-18-6-2-7-19-32)33-20-8-3-9-21-33/h1-27H. The molecule has 188 valence electrons. The number of hydrogen-bond donors (Lipinski definition) is 0. The van der Waals surface area contributed by atoms with E-state index in [9.17, 15) is 0 Å². The Morgan fingerprint density at radius 1 is 0.350 bits per heavy atom. The Morgan fingerprint density at radius 3 is 1.35 bits per heavy atom. The van der Waals surface area contributed by atoms with Crippen molar-refractivity contribution in [3.8, 4) is 0 Å². The predicted molar refractivity (Wildman–Crippen MR) is 168 cm³/mol. The summed E-state index contributed by atoms with van der Waals surface area (Å²) in [5, 5.41) is 5.32. The van der Waals surface area contributed by atoms with E-state index in [4.69, 9.17) is 0 Å². The van der Waals surface area contributed by atoms with Crippen LogP contribution in [0.2, 0.25) is 0 Å². The summed E-state index contributed by atoms with van der Waals surface area (Å²) in [6.45, 7) is 0. The minimum atomic E-state index is -0.432. The first-order valence-electron chi connectivity index (χ1n) is 13.9. The molecule has 0 bridgehead atoms. The number of rotatable bonds is 5. The summed E-state index contributed by atoms with van der Waals surface area (Å²) in [5.74, 6) is 0. The predicted octanol–water partition coefficient (Wildman–Crippen LogP) is 10.2. The van der Waals surface area contributed by atoms with E-state index in [2.05, 4.69) is 169 Å². The van der Waals surface area contributed by atoms with Crippen molar-refractivity contribution in [3.63, 3.8) is 0 Å². The lowest BCUT2D eigenvalue weighted by molar-refractivity contribution is 0.771. The fourth-order valence-corrected chi connectivity index (χ4v) is 6.88. The molecule has 0 spiro atoms. The summed E-state index contributed by atoms with van der Waals surface area (Å²) in [6.07, 6.45) is 0.